The van der Waals surface area contributed by atoms with Gasteiger partial charge in [0.2, 0.25) is 0 Å². The van der Waals surface area contributed by atoms with Gasteiger partial charge in [-0.1, -0.05) is 61.9 Å². The van der Waals surface area contributed by atoms with Crippen molar-refractivity contribution in [1.29, 1.82) is 0 Å². The van der Waals surface area contributed by atoms with Gasteiger partial charge < -0.3 is 0 Å². The maximum absolute atomic E-state index is 4.81. The molecule has 96 valence electrons. The number of aromatic nitrogens is 2. The average molecular weight is 250 g/mol. The maximum atomic E-state index is 4.81. The van der Waals surface area contributed by atoms with Crippen LogP contribution in [0, 0.1) is 0 Å². The number of hydrogen-bond acceptors (Lipinski definition) is 1. The highest BCUT2D eigenvalue weighted by Gasteiger charge is 2.10. The molecule has 3 aromatic rings. The average Bonchev–Trinajstić information content (AvgIpc) is 2.85. The number of nitrogens with zero attached hydrogens (tertiary/aromatic N) is 2. The fourth-order valence-electron chi connectivity index (χ4n) is 2.42. The molecule has 0 radical (unpaired) electrons. The van der Waals surface area contributed by atoms with E-state index < -0.39 is 0 Å². The van der Waals surface area contributed by atoms with Gasteiger partial charge in [0.05, 0.1) is 5.52 Å². The zero-order chi connectivity index (χ0) is 13.1. The van der Waals surface area contributed by atoms with Crippen molar-refractivity contribution in [2.24, 2.45) is 0 Å². The number of fused-ring (bicyclic) bond motifs is 1. The second kappa shape index (κ2) is 5.27. The lowest BCUT2D eigenvalue weighted by molar-refractivity contribution is 0.590. The molecule has 2 aromatic carbocycles. The highest BCUT2D eigenvalue weighted by Crippen LogP contribution is 2.27. The first-order valence-corrected chi connectivity index (χ1v) is 6.91. The number of benzene rings is 2. The summed E-state index contributed by atoms with van der Waals surface area (Å²) in [6, 6.07) is 18.9. The Morgan fingerprint density at radius 1 is 0.947 bits per heavy atom. The normalized spacial score (nSPS) is 11.0. The van der Waals surface area contributed by atoms with E-state index in [0.29, 0.717) is 0 Å². The van der Waals surface area contributed by atoms with Crippen LogP contribution in [0.15, 0.2) is 54.6 Å². The summed E-state index contributed by atoms with van der Waals surface area (Å²) in [5.41, 5.74) is 3.51. The van der Waals surface area contributed by atoms with Crippen LogP contribution in [-0.2, 0) is 6.54 Å². The molecule has 0 amide bonds. The first-order valence-electron chi connectivity index (χ1n) is 6.91. The lowest BCUT2D eigenvalue weighted by Crippen LogP contribution is -1.99. The molecule has 0 aliphatic rings. The third-order valence-electron chi connectivity index (χ3n) is 3.43. The number of aryl methyl sites for hydroxylation is 1. The van der Waals surface area contributed by atoms with Gasteiger partial charge in [0.15, 0.2) is 0 Å². The van der Waals surface area contributed by atoms with Crippen LogP contribution in [0.4, 0.5) is 0 Å². The van der Waals surface area contributed by atoms with E-state index in [2.05, 4.69) is 60.1 Å². The molecular formula is C17H18N2. The Balaban J connectivity index is 2.15. The molecule has 0 fully saturated rings. The van der Waals surface area contributed by atoms with Crippen LogP contribution in [0.5, 0.6) is 0 Å². The lowest BCUT2D eigenvalue weighted by atomic mass is 10.1. The minimum Gasteiger partial charge on any atom is -0.264 e. The van der Waals surface area contributed by atoms with Crippen molar-refractivity contribution in [3.05, 3.63) is 54.6 Å². The number of unbranched alkanes of at least 4 members (excludes halogenated alkanes) is 1. The van der Waals surface area contributed by atoms with Gasteiger partial charge in [-0.05, 0) is 12.5 Å². The van der Waals surface area contributed by atoms with Crippen molar-refractivity contribution in [3.63, 3.8) is 0 Å². The highest BCUT2D eigenvalue weighted by molar-refractivity contribution is 5.93. The standard InChI is InChI=1S/C17H18N2/c1-2-3-13-19-16-12-8-7-11-15(16)17(18-19)14-9-5-4-6-10-14/h4-12H,2-3,13H2,1H3. The van der Waals surface area contributed by atoms with Gasteiger partial charge in [0.25, 0.3) is 0 Å². The van der Waals surface area contributed by atoms with Crippen molar-refractivity contribution >= 4 is 10.9 Å². The van der Waals surface area contributed by atoms with Crippen LogP contribution in [0.1, 0.15) is 19.8 Å². The third kappa shape index (κ3) is 2.26. The molecule has 0 aliphatic carbocycles. The van der Waals surface area contributed by atoms with Crippen LogP contribution in [0.3, 0.4) is 0 Å². The monoisotopic (exact) mass is 250 g/mol. The molecule has 0 N–H and O–H groups in total. The van der Waals surface area contributed by atoms with Gasteiger partial charge in [0.1, 0.15) is 5.69 Å². The molecule has 2 nitrogen and oxygen atoms in total. The van der Waals surface area contributed by atoms with E-state index in [4.69, 9.17) is 5.10 Å². The fourth-order valence-corrected chi connectivity index (χ4v) is 2.42. The molecule has 0 unspecified atom stereocenters. The van der Waals surface area contributed by atoms with Gasteiger partial charge in [-0.2, -0.15) is 5.10 Å². The molecule has 0 saturated heterocycles. The van der Waals surface area contributed by atoms with Crippen LogP contribution >= 0.6 is 0 Å². The summed E-state index contributed by atoms with van der Waals surface area (Å²) >= 11 is 0. The van der Waals surface area contributed by atoms with Crippen LogP contribution < -0.4 is 0 Å². The van der Waals surface area contributed by atoms with E-state index in [1.165, 1.54) is 29.3 Å². The quantitative estimate of drug-likeness (QED) is 0.666. The SMILES string of the molecule is CCCCn1nc(-c2ccccc2)c2ccccc21. The molecule has 19 heavy (non-hydrogen) atoms. The highest BCUT2D eigenvalue weighted by atomic mass is 15.3. The smallest absolute Gasteiger partial charge is 0.100 e. The fraction of sp³-hybridized carbons (Fsp3) is 0.235. The van der Waals surface area contributed by atoms with Crippen molar-refractivity contribution in [1.82, 2.24) is 9.78 Å². The Labute approximate surface area is 113 Å². The molecular weight excluding hydrogens is 232 g/mol. The molecule has 2 heteroatoms. The Kier molecular flexibility index (Phi) is 3.32. The second-order valence-corrected chi connectivity index (χ2v) is 4.81. The summed E-state index contributed by atoms with van der Waals surface area (Å²) in [6.45, 7) is 3.20. The van der Waals surface area contributed by atoms with E-state index in [0.717, 1.165) is 12.2 Å². The van der Waals surface area contributed by atoms with Crippen molar-refractivity contribution in [3.8, 4) is 11.3 Å². The Hall–Kier alpha value is -2.09. The predicted molar refractivity (Wildman–Crippen MR) is 80.1 cm³/mol. The molecule has 0 saturated carbocycles. The topological polar surface area (TPSA) is 17.8 Å². The zero-order valence-corrected chi connectivity index (χ0v) is 11.2. The molecule has 0 aliphatic heterocycles. The van der Waals surface area contributed by atoms with Crippen LogP contribution in [0.2, 0.25) is 0 Å². The largest absolute Gasteiger partial charge is 0.264 e. The van der Waals surface area contributed by atoms with E-state index in [-0.39, 0.29) is 0 Å². The number of para-hydroxylation sites is 1. The summed E-state index contributed by atoms with van der Waals surface area (Å²) in [6.07, 6.45) is 2.36. The van der Waals surface area contributed by atoms with E-state index in [1.807, 2.05) is 6.07 Å². The molecule has 3 rings (SSSR count). The van der Waals surface area contributed by atoms with Crippen LogP contribution in [-0.4, -0.2) is 9.78 Å². The second-order valence-electron chi connectivity index (χ2n) is 4.81. The summed E-state index contributed by atoms with van der Waals surface area (Å²) in [5.74, 6) is 0. The summed E-state index contributed by atoms with van der Waals surface area (Å²) < 4.78 is 2.14. The summed E-state index contributed by atoms with van der Waals surface area (Å²) in [7, 11) is 0. The zero-order valence-electron chi connectivity index (χ0n) is 11.2. The molecule has 1 aromatic heterocycles. The van der Waals surface area contributed by atoms with Crippen LogP contribution in [0.25, 0.3) is 22.2 Å². The van der Waals surface area contributed by atoms with E-state index in [1.54, 1.807) is 0 Å². The summed E-state index contributed by atoms with van der Waals surface area (Å²) in [4.78, 5) is 0. The Morgan fingerprint density at radius 3 is 2.47 bits per heavy atom. The van der Waals surface area contributed by atoms with Gasteiger partial charge in [-0.15, -0.1) is 0 Å². The first-order chi connectivity index (χ1) is 9.40. The maximum Gasteiger partial charge on any atom is 0.100 e. The minimum absolute atomic E-state index is 0.990. The molecule has 0 atom stereocenters. The Bertz CT molecular complexity index is 668. The summed E-state index contributed by atoms with van der Waals surface area (Å²) in [5, 5.41) is 6.05. The molecule has 0 bridgehead atoms. The first kappa shape index (κ1) is 12.0. The van der Waals surface area contributed by atoms with Crippen molar-refractivity contribution < 1.29 is 0 Å². The van der Waals surface area contributed by atoms with Crippen molar-refractivity contribution in [2.45, 2.75) is 26.3 Å². The number of hydrogen-bond donors (Lipinski definition) is 0. The minimum atomic E-state index is 0.990. The van der Waals surface area contributed by atoms with E-state index in [9.17, 15) is 0 Å². The van der Waals surface area contributed by atoms with E-state index >= 15 is 0 Å². The lowest BCUT2D eigenvalue weighted by Gasteiger charge is -2.00. The van der Waals surface area contributed by atoms with Crippen molar-refractivity contribution in [2.75, 3.05) is 0 Å². The van der Waals surface area contributed by atoms with Gasteiger partial charge in [0, 0.05) is 17.5 Å². The molecule has 1 heterocycles. The van der Waals surface area contributed by atoms with Gasteiger partial charge in [-0.3, -0.25) is 4.68 Å². The van der Waals surface area contributed by atoms with Gasteiger partial charge in [-0.25, -0.2) is 0 Å². The number of rotatable bonds is 4. The third-order valence-corrected chi connectivity index (χ3v) is 3.43. The predicted octanol–water partition coefficient (Wildman–Crippen LogP) is 4.50. The molecule has 0 spiro atoms. The van der Waals surface area contributed by atoms with Gasteiger partial charge >= 0.3 is 0 Å². The Morgan fingerprint density at radius 2 is 1.68 bits per heavy atom.